The molecule has 4 heteroatoms. The standard InChI is InChI=1S/C2O2Se2/c3-1-2(4)6-5-1. The van der Waals surface area contributed by atoms with Crippen molar-refractivity contribution in [2.75, 3.05) is 0 Å². The molecule has 0 radical (unpaired) electrons. The van der Waals surface area contributed by atoms with E-state index >= 15 is 0 Å². The molecular formula is C2O2Se2. The van der Waals surface area contributed by atoms with Crippen molar-refractivity contribution in [3.63, 3.8) is 0 Å². The van der Waals surface area contributed by atoms with Gasteiger partial charge in [0.05, 0.1) is 0 Å². The van der Waals surface area contributed by atoms with Crippen molar-refractivity contribution in [3.05, 3.63) is 0 Å². The zero-order chi connectivity index (χ0) is 4.57. The van der Waals surface area contributed by atoms with Crippen molar-refractivity contribution in [3.8, 4) is 0 Å². The molecule has 0 spiro atoms. The maximum absolute atomic E-state index is 9.92. The van der Waals surface area contributed by atoms with Crippen LogP contribution in [0.3, 0.4) is 0 Å². The Hall–Kier alpha value is 0.379. The first-order chi connectivity index (χ1) is 2.80. The monoisotopic (exact) mass is 216 g/mol. The van der Waals surface area contributed by atoms with Gasteiger partial charge in [-0.25, -0.2) is 0 Å². The Labute approximate surface area is 45.5 Å². The van der Waals surface area contributed by atoms with Crippen molar-refractivity contribution in [2.45, 2.75) is 0 Å². The molecule has 0 amide bonds. The molecule has 1 aliphatic heterocycles. The van der Waals surface area contributed by atoms with Crippen LogP contribution in [0.4, 0.5) is 0 Å². The number of carbonyl (C=O) groups excluding carboxylic acids is 2. The van der Waals surface area contributed by atoms with Crippen LogP contribution in [0.15, 0.2) is 0 Å². The molecule has 2 nitrogen and oxygen atoms in total. The third-order valence-corrected chi connectivity index (χ3v) is 6.81. The molecule has 1 saturated heterocycles. The van der Waals surface area contributed by atoms with Gasteiger partial charge in [-0.3, -0.25) is 0 Å². The molecule has 1 rings (SSSR count). The molecule has 0 atom stereocenters. The van der Waals surface area contributed by atoms with E-state index in [0.29, 0.717) is 0 Å². The number of carbonyl (C=O) groups is 2. The van der Waals surface area contributed by atoms with Gasteiger partial charge < -0.3 is 0 Å². The summed E-state index contributed by atoms with van der Waals surface area (Å²) < 4.78 is -0.218. The zero-order valence-corrected chi connectivity index (χ0v) is 6.06. The molecule has 0 aromatic rings. The summed E-state index contributed by atoms with van der Waals surface area (Å²) in [6.07, 6.45) is 0. The van der Waals surface area contributed by atoms with E-state index in [9.17, 15) is 9.59 Å². The summed E-state index contributed by atoms with van der Waals surface area (Å²) in [4.78, 5) is 19.8. The van der Waals surface area contributed by atoms with Crippen LogP contribution in [-0.2, 0) is 9.59 Å². The SMILES string of the molecule is O=C1[Se][Se]C1=O. The van der Waals surface area contributed by atoms with Gasteiger partial charge >= 0.3 is 45.2 Å². The minimum atomic E-state index is -0.109. The van der Waals surface area contributed by atoms with Crippen molar-refractivity contribution in [1.29, 1.82) is 0 Å². The van der Waals surface area contributed by atoms with E-state index in [1.807, 2.05) is 0 Å². The zero-order valence-electron chi connectivity index (χ0n) is 2.63. The van der Waals surface area contributed by atoms with Crippen LogP contribution in [0.25, 0.3) is 0 Å². The molecule has 0 N–H and O–H groups in total. The van der Waals surface area contributed by atoms with E-state index in [2.05, 4.69) is 0 Å². The second-order valence-electron chi connectivity index (χ2n) is 0.742. The summed E-state index contributed by atoms with van der Waals surface area (Å²) in [6.45, 7) is 0. The first-order valence-electron chi connectivity index (χ1n) is 1.23. The van der Waals surface area contributed by atoms with Gasteiger partial charge in [-0.1, -0.05) is 0 Å². The average molecular weight is 214 g/mol. The molecule has 6 heavy (non-hydrogen) atoms. The third kappa shape index (κ3) is 0.568. The number of rotatable bonds is 0. The molecule has 0 unspecified atom stereocenters. The van der Waals surface area contributed by atoms with Crippen LogP contribution in [0, 0.1) is 0 Å². The molecule has 0 aromatic carbocycles. The summed E-state index contributed by atoms with van der Waals surface area (Å²) in [5.41, 5.74) is 0. The van der Waals surface area contributed by atoms with Crippen LogP contribution in [-0.4, -0.2) is 35.6 Å². The molecule has 1 aliphatic rings. The van der Waals surface area contributed by atoms with Crippen LogP contribution in [0.2, 0.25) is 0 Å². The predicted octanol–water partition coefficient (Wildman–Crippen LogP) is -1.62. The summed E-state index contributed by atoms with van der Waals surface area (Å²) in [5.74, 6) is 0. The molecule has 1 fully saturated rings. The quantitative estimate of drug-likeness (QED) is 0.358. The minimum absolute atomic E-state index is 0.101. The molecule has 0 bridgehead atoms. The van der Waals surface area contributed by atoms with E-state index in [-0.39, 0.29) is 35.6 Å². The van der Waals surface area contributed by atoms with E-state index < -0.39 is 0 Å². The first-order valence-corrected chi connectivity index (χ1v) is 7.28. The molecule has 0 aromatic heterocycles. The molecule has 32 valence electrons. The fraction of sp³-hybridized carbons (Fsp3) is 0. The van der Waals surface area contributed by atoms with Gasteiger partial charge in [0.2, 0.25) is 0 Å². The topological polar surface area (TPSA) is 34.1 Å². The molecular weight excluding hydrogens is 214 g/mol. The van der Waals surface area contributed by atoms with Crippen molar-refractivity contribution >= 4 is 35.6 Å². The van der Waals surface area contributed by atoms with E-state index in [1.165, 1.54) is 0 Å². The second kappa shape index (κ2) is 1.47. The van der Waals surface area contributed by atoms with E-state index in [4.69, 9.17) is 0 Å². The van der Waals surface area contributed by atoms with Gasteiger partial charge in [0, 0.05) is 0 Å². The van der Waals surface area contributed by atoms with Crippen LogP contribution >= 0.6 is 0 Å². The normalized spacial score (nSPS) is 20.7. The Morgan fingerprint density at radius 2 is 1.33 bits per heavy atom. The molecule has 0 aliphatic carbocycles. The average Bonchev–Trinajstić information content (AvgIpc) is 1.61. The number of hydrogen-bond donors (Lipinski definition) is 0. The Kier molecular flexibility index (Phi) is 1.11. The van der Waals surface area contributed by atoms with E-state index in [1.54, 1.807) is 0 Å². The van der Waals surface area contributed by atoms with Gasteiger partial charge in [0.1, 0.15) is 0 Å². The Balaban J connectivity index is 2.61. The molecule has 0 saturated carbocycles. The summed E-state index contributed by atoms with van der Waals surface area (Å²) in [7, 11) is 0. The van der Waals surface area contributed by atoms with Crippen LogP contribution < -0.4 is 0 Å². The number of hydrogen-bond acceptors (Lipinski definition) is 2. The van der Waals surface area contributed by atoms with Crippen LogP contribution in [0.1, 0.15) is 0 Å². The summed E-state index contributed by atoms with van der Waals surface area (Å²) in [5, 5.41) is 0. The first kappa shape index (κ1) is 4.54. The third-order valence-electron chi connectivity index (χ3n) is 0.360. The van der Waals surface area contributed by atoms with E-state index in [0.717, 1.165) is 0 Å². The van der Waals surface area contributed by atoms with Gasteiger partial charge in [0.25, 0.3) is 0 Å². The maximum atomic E-state index is 9.92. The van der Waals surface area contributed by atoms with Crippen molar-refractivity contribution < 1.29 is 9.59 Å². The summed E-state index contributed by atoms with van der Waals surface area (Å²) in [6, 6.07) is 0. The van der Waals surface area contributed by atoms with Crippen molar-refractivity contribution in [2.24, 2.45) is 0 Å². The van der Waals surface area contributed by atoms with Gasteiger partial charge in [-0.05, 0) is 0 Å². The summed E-state index contributed by atoms with van der Waals surface area (Å²) >= 11 is 0.203. The predicted molar refractivity (Wildman–Crippen MR) is 21.5 cm³/mol. The van der Waals surface area contributed by atoms with Gasteiger partial charge in [-0.15, -0.1) is 0 Å². The van der Waals surface area contributed by atoms with Crippen LogP contribution in [0.5, 0.6) is 0 Å². The fourth-order valence-corrected chi connectivity index (χ4v) is 2.96. The van der Waals surface area contributed by atoms with Crippen molar-refractivity contribution in [1.82, 2.24) is 0 Å². The Morgan fingerprint density at radius 3 is 1.33 bits per heavy atom. The second-order valence-corrected chi connectivity index (χ2v) is 6.63. The Morgan fingerprint density at radius 1 is 1.00 bits per heavy atom. The van der Waals surface area contributed by atoms with Gasteiger partial charge in [0.15, 0.2) is 0 Å². The fourth-order valence-electron chi connectivity index (χ4n) is 0.110. The molecule has 1 heterocycles. The Bertz CT molecular complexity index is 94.1. The van der Waals surface area contributed by atoms with Gasteiger partial charge in [-0.2, -0.15) is 0 Å².